The summed E-state index contributed by atoms with van der Waals surface area (Å²) in [7, 11) is 0. The van der Waals surface area contributed by atoms with Crippen LogP contribution >= 0.6 is 23.1 Å². The Labute approximate surface area is 192 Å². The number of hydrogen-bond donors (Lipinski definition) is 5. The lowest BCUT2D eigenvalue weighted by atomic mass is 10.1. The Morgan fingerprint density at radius 2 is 1.94 bits per heavy atom. The lowest BCUT2D eigenvalue weighted by Gasteiger charge is -2.19. The molecule has 0 amide bonds. The molecule has 4 heterocycles. The number of benzene rings is 1. The average molecular weight is 471 g/mol. The van der Waals surface area contributed by atoms with Crippen molar-refractivity contribution in [2.75, 3.05) is 23.3 Å². The number of thiophene rings is 1. The Bertz CT molecular complexity index is 1230. The molecule has 0 spiro atoms. The van der Waals surface area contributed by atoms with Gasteiger partial charge in [0, 0.05) is 12.3 Å². The number of hydrogen-bond acceptors (Lipinski definition) is 10. The first kappa shape index (κ1) is 21.0. The van der Waals surface area contributed by atoms with Crippen LogP contribution in [0, 0.1) is 0 Å². The summed E-state index contributed by atoms with van der Waals surface area (Å²) in [5, 5.41) is 34.9. The van der Waals surface area contributed by atoms with Gasteiger partial charge in [0.25, 0.3) is 0 Å². The number of phenolic OH excluding ortho intramolecular Hbond substituents is 1. The summed E-state index contributed by atoms with van der Waals surface area (Å²) in [4.78, 5) is 14.7. The molecule has 1 aromatic carbocycles. The molecule has 9 nitrogen and oxygen atoms in total. The van der Waals surface area contributed by atoms with Crippen LogP contribution in [0.3, 0.4) is 0 Å². The molecular weight excluding hydrogens is 448 g/mol. The highest BCUT2D eigenvalue weighted by Crippen LogP contribution is 2.42. The minimum atomic E-state index is -0.946. The zero-order chi connectivity index (χ0) is 22.2. The molecule has 4 aromatic rings. The summed E-state index contributed by atoms with van der Waals surface area (Å²) >= 11 is 2.99. The molecule has 3 aromatic heterocycles. The maximum Gasteiger partial charge on any atom is 0.226 e. The number of aromatic nitrogens is 4. The number of phenols is 1. The molecule has 0 unspecified atom stereocenters. The van der Waals surface area contributed by atoms with E-state index in [2.05, 4.69) is 15.3 Å². The molecule has 6 N–H and O–H groups in total. The Morgan fingerprint density at radius 1 is 1.12 bits per heavy atom. The maximum atomic E-state index is 10.6. The monoisotopic (exact) mass is 470 g/mol. The number of anilines is 2. The molecule has 1 aliphatic heterocycles. The van der Waals surface area contributed by atoms with Crippen LogP contribution in [0.4, 0.5) is 11.8 Å². The summed E-state index contributed by atoms with van der Waals surface area (Å²) in [6, 6.07) is 10.9. The number of nitrogens with one attached hydrogen (secondary N) is 1. The van der Waals surface area contributed by atoms with Crippen molar-refractivity contribution < 1.29 is 15.3 Å². The zero-order valence-electron chi connectivity index (χ0n) is 16.9. The number of rotatable bonds is 6. The molecule has 0 bridgehead atoms. The second-order valence-electron chi connectivity index (χ2n) is 7.51. The lowest BCUT2D eigenvalue weighted by molar-refractivity contribution is 0.0316. The van der Waals surface area contributed by atoms with Gasteiger partial charge in [0.15, 0.2) is 22.8 Å². The standard InChI is InChI=1S/C21H22N6O3S2/c22-17-15-19(26-21(25-17)23-8-7-11-3-5-12(28)6-4-11)27(20-16(30)13(29)10-32-20)18(24-15)14-2-1-9-31-14/h1-6,9,13,16,20,28-30H,7-8,10H2,(H3,22,23,25,26)/t13-,16-,20-/m1/s1. The highest BCUT2D eigenvalue weighted by molar-refractivity contribution is 7.99. The molecule has 0 radical (unpaired) electrons. The van der Waals surface area contributed by atoms with Crippen molar-refractivity contribution >= 4 is 46.0 Å². The first-order chi connectivity index (χ1) is 15.5. The molecule has 3 atom stereocenters. The van der Waals surface area contributed by atoms with Gasteiger partial charge in [-0.15, -0.1) is 23.1 Å². The minimum Gasteiger partial charge on any atom is -0.508 e. The molecule has 166 valence electrons. The maximum absolute atomic E-state index is 10.6. The summed E-state index contributed by atoms with van der Waals surface area (Å²) in [6.07, 6.45) is -1.05. The second kappa shape index (κ2) is 8.58. The Balaban J connectivity index is 1.50. The molecule has 1 fully saturated rings. The zero-order valence-corrected chi connectivity index (χ0v) is 18.6. The number of imidazole rings is 1. The predicted molar refractivity (Wildman–Crippen MR) is 127 cm³/mol. The van der Waals surface area contributed by atoms with Gasteiger partial charge in [-0.1, -0.05) is 18.2 Å². The fraction of sp³-hybridized carbons (Fsp3) is 0.286. The fourth-order valence-electron chi connectivity index (χ4n) is 3.69. The van der Waals surface area contributed by atoms with E-state index in [0.29, 0.717) is 41.7 Å². The van der Waals surface area contributed by atoms with Gasteiger partial charge in [0.1, 0.15) is 17.2 Å². The van der Waals surface area contributed by atoms with Crippen molar-refractivity contribution in [3.63, 3.8) is 0 Å². The third-order valence-corrected chi connectivity index (χ3v) is 7.55. The molecule has 0 saturated carbocycles. The summed E-state index contributed by atoms with van der Waals surface area (Å²) in [5.74, 6) is 1.91. The van der Waals surface area contributed by atoms with Crippen molar-refractivity contribution in [2.24, 2.45) is 0 Å². The number of nitrogen functional groups attached to an aromatic ring is 1. The molecule has 1 aliphatic rings. The quantitative estimate of drug-likeness (QED) is 0.287. The topological polar surface area (TPSA) is 142 Å². The van der Waals surface area contributed by atoms with Crippen molar-refractivity contribution in [1.82, 2.24) is 19.5 Å². The van der Waals surface area contributed by atoms with E-state index in [-0.39, 0.29) is 11.6 Å². The van der Waals surface area contributed by atoms with E-state index in [9.17, 15) is 15.3 Å². The normalized spacial score (nSPS) is 20.8. The smallest absolute Gasteiger partial charge is 0.226 e. The van der Waals surface area contributed by atoms with Crippen LogP contribution in [0.15, 0.2) is 41.8 Å². The van der Waals surface area contributed by atoms with Crippen molar-refractivity contribution in [2.45, 2.75) is 24.0 Å². The van der Waals surface area contributed by atoms with Gasteiger partial charge in [-0.3, -0.25) is 4.57 Å². The van der Waals surface area contributed by atoms with Crippen LogP contribution in [0.25, 0.3) is 21.9 Å². The van der Waals surface area contributed by atoms with Crippen molar-refractivity contribution in [3.8, 4) is 16.5 Å². The average Bonchev–Trinajstić information content (AvgIpc) is 3.50. The highest BCUT2D eigenvalue weighted by atomic mass is 32.2. The van der Waals surface area contributed by atoms with Crippen molar-refractivity contribution in [1.29, 1.82) is 0 Å². The van der Waals surface area contributed by atoms with E-state index in [1.807, 2.05) is 34.2 Å². The molecule has 32 heavy (non-hydrogen) atoms. The van der Waals surface area contributed by atoms with Gasteiger partial charge in [-0.25, -0.2) is 4.98 Å². The predicted octanol–water partition coefficient (Wildman–Crippen LogP) is 2.46. The van der Waals surface area contributed by atoms with Gasteiger partial charge in [-0.05, 0) is 35.6 Å². The number of aliphatic hydroxyl groups excluding tert-OH is 2. The van der Waals surface area contributed by atoms with Crippen LogP contribution in [0.1, 0.15) is 10.9 Å². The number of nitrogens with two attached hydrogens (primary N) is 1. The molecule has 0 aliphatic carbocycles. The summed E-state index contributed by atoms with van der Waals surface area (Å²) in [5.41, 5.74) is 8.28. The van der Waals surface area contributed by atoms with E-state index >= 15 is 0 Å². The SMILES string of the molecule is Nc1nc(NCCc2ccc(O)cc2)nc2c1nc(-c1cccs1)n2[C@@H]1SC[C@@H](O)[C@H]1O. The molecular formula is C21H22N6O3S2. The van der Waals surface area contributed by atoms with Gasteiger partial charge in [0.05, 0.1) is 11.0 Å². The second-order valence-corrected chi connectivity index (χ2v) is 9.61. The fourth-order valence-corrected chi connectivity index (χ4v) is 5.72. The minimum absolute atomic E-state index is 0.232. The largest absolute Gasteiger partial charge is 0.508 e. The van der Waals surface area contributed by atoms with E-state index in [4.69, 9.17) is 10.7 Å². The summed E-state index contributed by atoms with van der Waals surface area (Å²) in [6.45, 7) is 0.571. The van der Waals surface area contributed by atoms with Crippen LogP contribution < -0.4 is 11.1 Å². The number of aliphatic hydroxyl groups is 2. The van der Waals surface area contributed by atoms with Crippen LogP contribution in [0.2, 0.25) is 0 Å². The van der Waals surface area contributed by atoms with Crippen LogP contribution in [-0.4, -0.2) is 59.3 Å². The van der Waals surface area contributed by atoms with Gasteiger partial charge in [-0.2, -0.15) is 9.97 Å². The van der Waals surface area contributed by atoms with E-state index < -0.39 is 17.6 Å². The van der Waals surface area contributed by atoms with Gasteiger partial charge < -0.3 is 26.4 Å². The first-order valence-electron chi connectivity index (χ1n) is 10.1. The van der Waals surface area contributed by atoms with Gasteiger partial charge in [0.2, 0.25) is 5.95 Å². The van der Waals surface area contributed by atoms with Gasteiger partial charge >= 0.3 is 0 Å². The highest BCUT2D eigenvalue weighted by Gasteiger charge is 2.38. The third kappa shape index (κ3) is 3.88. The molecule has 1 saturated heterocycles. The Kier molecular flexibility index (Phi) is 5.64. The van der Waals surface area contributed by atoms with E-state index in [1.54, 1.807) is 12.1 Å². The number of aromatic hydroxyl groups is 1. The van der Waals surface area contributed by atoms with E-state index in [1.165, 1.54) is 23.1 Å². The number of fused-ring (bicyclic) bond motifs is 1. The van der Waals surface area contributed by atoms with E-state index in [0.717, 1.165) is 10.4 Å². The molecule has 11 heteroatoms. The Hall–Kier alpha value is -2.86. The number of thioether (sulfide) groups is 1. The lowest BCUT2D eigenvalue weighted by Crippen LogP contribution is -2.28. The molecule has 5 rings (SSSR count). The summed E-state index contributed by atoms with van der Waals surface area (Å²) < 4.78 is 1.86. The number of nitrogens with zero attached hydrogens (tertiary/aromatic N) is 4. The third-order valence-electron chi connectivity index (χ3n) is 5.32. The first-order valence-corrected chi connectivity index (χ1v) is 12.0. The van der Waals surface area contributed by atoms with Crippen LogP contribution in [0.5, 0.6) is 5.75 Å². The van der Waals surface area contributed by atoms with Crippen molar-refractivity contribution in [3.05, 3.63) is 47.3 Å². The Morgan fingerprint density at radius 3 is 2.62 bits per heavy atom. The van der Waals surface area contributed by atoms with Crippen LogP contribution in [-0.2, 0) is 6.42 Å².